The second-order valence-corrected chi connectivity index (χ2v) is 2.07. The van der Waals surface area contributed by atoms with Gasteiger partial charge in [-0.3, -0.25) is 0 Å². The van der Waals surface area contributed by atoms with Crippen LogP contribution in [0.25, 0.3) is 0 Å². The molecule has 0 aromatic rings. The molecule has 0 heterocycles. The van der Waals surface area contributed by atoms with Crippen molar-refractivity contribution >= 4 is 9.07 Å². The summed E-state index contributed by atoms with van der Waals surface area (Å²) >= 11 is 1.86. The van der Waals surface area contributed by atoms with Crippen LogP contribution in [-0.4, -0.2) is 8.42 Å². The van der Waals surface area contributed by atoms with Crippen LogP contribution < -0.4 is 0 Å². The van der Waals surface area contributed by atoms with Crippen molar-refractivity contribution in [2.75, 3.05) is 0 Å². The topological polar surface area (TPSA) is 34.1 Å². The Morgan fingerprint density at radius 3 is 1.50 bits per heavy atom. The molecular weight excluding hydrogens is 116 g/mol. The van der Waals surface area contributed by atoms with Crippen molar-refractivity contribution in [2.24, 2.45) is 0 Å². The Labute approximate surface area is 33.2 Å². The van der Waals surface area contributed by atoms with E-state index in [9.17, 15) is 0 Å². The minimum atomic E-state index is -2.25. The van der Waals surface area contributed by atoms with E-state index < -0.39 is 9.07 Å². The van der Waals surface area contributed by atoms with Crippen LogP contribution in [0.15, 0.2) is 0 Å². The summed E-state index contributed by atoms with van der Waals surface area (Å²) in [6.45, 7) is 0. The van der Waals surface area contributed by atoms with Gasteiger partial charge in [0.25, 0.3) is 0 Å². The van der Waals surface area contributed by atoms with Gasteiger partial charge in [-0.15, -0.1) is 0 Å². The normalized spacial score (nSPS) is 8.25. The van der Waals surface area contributed by atoms with Crippen LogP contribution >= 0.6 is 0 Å². The molecule has 0 aliphatic heterocycles. The molecule has 0 bridgehead atoms. The van der Waals surface area contributed by atoms with Crippen molar-refractivity contribution in [3.63, 3.8) is 0 Å². The third-order valence-corrected chi connectivity index (χ3v) is 0. The van der Waals surface area contributed by atoms with Crippen molar-refractivity contribution in [2.45, 2.75) is 0 Å². The van der Waals surface area contributed by atoms with Crippen LogP contribution in [0, 0.1) is 0 Å². The summed E-state index contributed by atoms with van der Waals surface area (Å²) in [5.74, 6) is 0. The first-order valence-corrected chi connectivity index (χ1v) is 3.35. The SMILES string of the molecule is O=[SH](=O)[Cr]. The molecule has 0 aliphatic carbocycles. The van der Waals surface area contributed by atoms with Crippen LogP contribution in [-0.2, 0) is 24.2 Å². The second kappa shape index (κ2) is 1.77. The van der Waals surface area contributed by atoms with E-state index in [0.717, 1.165) is 0 Å². The average Bonchev–Trinajstić information content (AvgIpc) is 0.811. The molecule has 4 heteroatoms. The Morgan fingerprint density at radius 2 is 1.50 bits per heavy atom. The molecule has 0 rings (SSSR count). The molecule has 0 saturated carbocycles. The van der Waals surface area contributed by atoms with E-state index in [2.05, 4.69) is 0 Å². The molecule has 2 nitrogen and oxygen atoms in total. The molecular formula is HCrO2S. The van der Waals surface area contributed by atoms with Crippen molar-refractivity contribution in [3.05, 3.63) is 0 Å². The first kappa shape index (κ1) is 4.48. The summed E-state index contributed by atoms with van der Waals surface area (Å²) in [4.78, 5) is 0. The Kier molecular flexibility index (Phi) is 1.98. The number of hydrogen-bond acceptors (Lipinski definition) is 2. The molecule has 4 heavy (non-hydrogen) atoms. The fourth-order valence-electron chi connectivity index (χ4n) is 0. The molecule has 0 atom stereocenters. The Morgan fingerprint density at radius 1 is 1.50 bits per heavy atom. The predicted octanol–water partition coefficient (Wildman–Crippen LogP) is -0.940. The van der Waals surface area contributed by atoms with Crippen molar-refractivity contribution < 1.29 is 23.6 Å². The maximum absolute atomic E-state index is 8.98. The van der Waals surface area contributed by atoms with Crippen molar-refractivity contribution in [3.8, 4) is 0 Å². The summed E-state index contributed by atoms with van der Waals surface area (Å²) in [7, 11) is -2.25. The molecule has 0 aromatic heterocycles. The molecule has 0 N–H and O–H groups in total. The van der Waals surface area contributed by atoms with Crippen LogP contribution in [0.5, 0.6) is 0 Å². The standard InChI is InChI=1S/Cr.HO2S/c;1-3-2/h;3H. The third-order valence-electron chi connectivity index (χ3n) is 0. The zero-order chi connectivity index (χ0) is 3.58. The van der Waals surface area contributed by atoms with Crippen LogP contribution in [0.4, 0.5) is 0 Å². The maximum atomic E-state index is 8.98. The summed E-state index contributed by atoms with van der Waals surface area (Å²) in [5.41, 5.74) is 0. The first-order chi connectivity index (χ1) is 1.73. The van der Waals surface area contributed by atoms with Gasteiger partial charge in [0.1, 0.15) is 0 Å². The van der Waals surface area contributed by atoms with Gasteiger partial charge in [-0.1, -0.05) is 0 Å². The molecule has 0 aliphatic rings. The minimum absolute atomic E-state index is 1.86. The molecule has 0 amide bonds. The first-order valence-electron chi connectivity index (χ1n) is 0.548. The molecule has 0 fully saturated rings. The van der Waals surface area contributed by atoms with Crippen LogP contribution in [0.2, 0.25) is 0 Å². The van der Waals surface area contributed by atoms with Gasteiger partial charge in [-0.2, -0.15) is 0 Å². The van der Waals surface area contributed by atoms with Crippen LogP contribution in [0.3, 0.4) is 0 Å². The Hall–Kier alpha value is 0.482. The van der Waals surface area contributed by atoms with E-state index in [1.165, 1.54) is 0 Å². The van der Waals surface area contributed by atoms with Gasteiger partial charge in [0.15, 0.2) is 0 Å². The van der Waals surface area contributed by atoms with Gasteiger partial charge in [0.05, 0.1) is 0 Å². The number of rotatable bonds is 0. The fraction of sp³-hybridized carbons (Fsp3) is 0. The summed E-state index contributed by atoms with van der Waals surface area (Å²) in [5, 5.41) is 0. The zero-order valence-electron chi connectivity index (χ0n) is 1.67. The van der Waals surface area contributed by atoms with Crippen molar-refractivity contribution in [1.29, 1.82) is 0 Å². The Balaban J connectivity index is 3.51. The van der Waals surface area contributed by atoms with Gasteiger partial charge in [0.2, 0.25) is 0 Å². The van der Waals surface area contributed by atoms with Crippen LogP contribution in [0.1, 0.15) is 0 Å². The summed E-state index contributed by atoms with van der Waals surface area (Å²) in [6, 6.07) is 0. The molecule has 25 valence electrons. The average molecular weight is 117 g/mol. The summed E-state index contributed by atoms with van der Waals surface area (Å²) < 4.78 is 18.0. The molecule has 0 saturated heterocycles. The van der Waals surface area contributed by atoms with E-state index in [-0.39, 0.29) is 0 Å². The molecule has 0 aromatic carbocycles. The zero-order valence-corrected chi connectivity index (χ0v) is 3.84. The van der Waals surface area contributed by atoms with Gasteiger partial charge >= 0.3 is 32.6 Å². The molecule has 0 unspecified atom stereocenters. The van der Waals surface area contributed by atoms with E-state index in [0.29, 0.717) is 0 Å². The van der Waals surface area contributed by atoms with E-state index in [1.807, 2.05) is 15.2 Å². The fourth-order valence-corrected chi connectivity index (χ4v) is 0. The monoisotopic (exact) mass is 117 g/mol. The van der Waals surface area contributed by atoms with Gasteiger partial charge in [-0.25, -0.2) is 0 Å². The molecule has 0 spiro atoms. The van der Waals surface area contributed by atoms with E-state index >= 15 is 0 Å². The second-order valence-electron chi connectivity index (χ2n) is 0.224. The number of thiol groups is 1. The van der Waals surface area contributed by atoms with Gasteiger partial charge in [-0.05, 0) is 0 Å². The predicted molar refractivity (Wildman–Crippen MR) is 10.3 cm³/mol. The van der Waals surface area contributed by atoms with E-state index in [1.54, 1.807) is 0 Å². The van der Waals surface area contributed by atoms with E-state index in [4.69, 9.17) is 8.42 Å². The van der Waals surface area contributed by atoms with Crippen molar-refractivity contribution in [1.82, 2.24) is 0 Å². The number of hydrogen-bond donors (Lipinski definition) is 1. The van der Waals surface area contributed by atoms with Gasteiger partial charge < -0.3 is 0 Å². The quantitative estimate of drug-likeness (QED) is 0.415. The Bertz CT molecular complexity index is 54.4. The third kappa shape index (κ3) is 23.4. The van der Waals surface area contributed by atoms with Gasteiger partial charge in [0, 0.05) is 0 Å². The summed E-state index contributed by atoms with van der Waals surface area (Å²) in [6.07, 6.45) is 0. The molecule has 0 radical (unpaired) electrons.